The first-order valence-electron chi connectivity index (χ1n) is 11.7. The highest BCUT2D eigenvalue weighted by Gasteiger charge is 2.18. The molecular weight excluding hydrogens is 424 g/mol. The van der Waals surface area contributed by atoms with Gasteiger partial charge in [-0.2, -0.15) is 5.10 Å². The molecule has 174 valence electrons. The Labute approximate surface area is 200 Å². The SMILES string of the molecule is Cc1ccc(CN2CCN(c3ccc(-c4nc(C)cc(Cc5cc(C)[nH]n5)n4)cn3)CC2)cn1. The zero-order valence-corrected chi connectivity index (χ0v) is 20.0. The number of hydrogen-bond donors (Lipinski definition) is 1. The van der Waals surface area contributed by atoms with E-state index in [2.05, 4.69) is 54.2 Å². The minimum absolute atomic E-state index is 0.676. The fourth-order valence-electron chi connectivity index (χ4n) is 4.29. The Hall–Kier alpha value is -3.65. The predicted molar refractivity (Wildman–Crippen MR) is 133 cm³/mol. The van der Waals surface area contributed by atoms with Gasteiger partial charge in [0.25, 0.3) is 0 Å². The Morgan fingerprint density at radius 1 is 0.824 bits per heavy atom. The van der Waals surface area contributed by atoms with Crippen molar-refractivity contribution in [1.29, 1.82) is 0 Å². The number of aromatic amines is 1. The molecule has 0 radical (unpaired) electrons. The van der Waals surface area contributed by atoms with Crippen LogP contribution in [-0.4, -0.2) is 61.2 Å². The number of rotatable bonds is 6. The predicted octanol–water partition coefficient (Wildman–Crippen LogP) is 3.49. The molecule has 8 heteroatoms. The molecule has 0 saturated carbocycles. The molecule has 8 nitrogen and oxygen atoms in total. The zero-order valence-electron chi connectivity index (χ0n) is 20.0. The number of H-pyrrole nitrogens is 1. The summed E-state index contributed by atoms with van der Waals surface area (Å²) in [6, 6.07) is 12.5. The summed E-state index contributed by atoms with van der Waals surface area (Å²) < 4.78 is 0. The lowest BCUT2D eigenvalue weighted by Gasteiger charge is -2.35. The van der Waals surface area contributed by atoms with Gasteiger partial charge in [-0.05, 0) is 56.7 Å². The number of nitrogens with zero attached hydrogens (tertiary/aromatic N) is 7. The third-order valence-corrected chi connectivity index (χ3v) is 6.11. The molecule has 1 N–H and O–H groups in total. The second kappa shape index (κ2) is 9.69. The van der Waals surface area contributed by atoms with Gasteiger partial charge < -0.3 is 4.90 Å². The van der Waals surface area contributed by atoms with Crippen LogP contribution in [0.5, 0.6) is 0 Å². The Kier molecular flexibility index (Phi) is 6.31. The van der Waals surface area contributed by atoms with Gasteiger partial charge in [-0.25, -0.2) is 15.0 Å². The summed E-state index contributed by atoms with van der Waals surface area (Å²) in [5.41, 5.74) is 7.18. The van der Waals surface area contributed by atoms with Gasteiger partial charge in [-0.3, -0.25) is 15.0 Å². The van der Waals surface area contributed by atoms with Crippen LogP contribution < -0.4 is 4.90 Å². The second-order valence-electron chi connectivity index (χ2n) is 9.02. The van der Waals surface area contributed by atoms with Crippen molar-refractivity contribution in [2.24, 2.45) is 0 Å². The molecule has 0 bridgehead atoms. The fraction of sp³-hybridized carbons (Fsp3) is 0.346. The highest BCUT2D eigenvalue weighted by molar-refractivity contribution is 5.57. The van der Waals surface area contributed by atoms with Gasteiger partial charge in [-0.15, -0.1) is 0 Å². The van der Waals surface area contributed by atoms with E-state index < -0.39 is 0 Å². The molecule has 1 saturated heterocycles. The van der Waals surface area contributed by atoms with E-state index in [0.717, 1.165) is 72.6 Å². The fourth-order valence-corrected chi connectivity index (χ4v) is 4.29. The van der Waals surface area contributed by atoms with Crippen molar-refractivity contribution >= 4 is 5.82 Å². The summed E-state index contributed by atoms with van der Waals surface area (Å²) in [5.74, 6) is 1.71. The molecular formula is C26H30N8. The Bertz CT molecular complexity index is 1240. The van der Waals surface area contributed by atoms with E-state index in [1.54, 1.807) is 0 Å². The lowest BCUT2D eigenvalue weighted by molar-refractivity contribution is 0.249. The average molecular weight is 455 g/mol. The molecule has 1 aliphatic rings. The van der Waals surface area contributed by atoms with Crippen molar-refractivity contribution in [1.82, 2.24) is 35.0 Å². The van der Waals surface area contributed by atoms with Crippen LogP contribution in [0.25, 0.3) is 11.4 Å². The first kappa shape index (κ1) is 22.2. The maximum Gasteiger partial charge on any atom is 0.161 e. The number of aromatic nitrogens is 6. The first-order chi connectivity index (χ1) is 16.5. The van der Waals surface area contributed by atoms with E-state index in [1.165, 1.54) is 5.56 Å². The second-order valence-corrected chi connectivity index (χ2v) is 9.02. The van der Waals surface area contributed by atoms with Gasteiger partial charge >= 0.3 is 0 Å². The third kappa shape index (κ3) is 5.28. The van der Waals surface area contributed by atoms with Crippen LogP contribution in [0.15, 0.2) is 48.8 Å². The lowest BCUT2D eigenvalue weighted by atomic mass is 10.2. The summed E-state index contributed by atoms with van der Waals surface area (Å²) in [6.07, 6.45) is 4.54. The third-order valence-electron chi connectivity index (χ3n) is 6.11. The van der Waals surface area contributed by atoms with Crippen molar-refractivity contribution in [3.63, 3.8) is 0 Å². The molecule has 1 fully saturated rings. The molecule has 4 aromatic rings. The number of hydrogen-bond acceptors (Lipinski definition) is 7. The van der Waals surface area contributed by atoms with E-state index in [9.17, 15) is 0 Å². The standard InChI is InChI=1S/C26H30N8/c1-18-4-5-21(15-27-18)17-33-8-10-34(11-9-33)25-7-6-22(16-28-25)26-29-19(2)12-23(30-26)14-24-13-20(3)31-32-24/h4-7,12-13,15-16H,8-11,14,17H2,1-3H3,(H,31,32). The number of anilines is 1. The van der Waals surface area contributed by atoms with Crippen LogP contribution in [0, 0.1) is 20.8 Å². The molecule has 1 aliphatic heterocycles. The van der Waals surface area contributed by atoms with Crippen LogP contribution in [0.3, 0.4) is 0 Å². The minimum atomic E-state index is 0.676. The van der Waals surface area contributed by atoms with Gasteiger partial charge in [0.1, 0.15) is 5.82 Å². The van der Waals surface area contributed by atoms with E-state index >= 15 is 0 Å². The van der Waals surface area contributed by atoms with E-state index in [0.29, 0.717) is 12.2 Å². The normalized spacial score (nSPS) is 14.5. The maximum atomic E-state index is 4.78. The number of aryl methyl sites for hydroxylation is 3. The summed E-state index contributed by atoms with van der Waals surface area (Å²) >= 11 is 0. The van der Waals surface area contributed by atoms with Gasteiger partial charge in [0, 0.05) is 74.2 Å². The molecule has 0 atom stereocenters. The van der Waals surface area contributed by atoms with Gasteiger partial charge in [0.15, 0.2) is 5.82 Å². The van der Waals surface area contributed by atoms with Crippen molar-refractivity contribution in [2.75, 3.05) is 31.1 Å². The minimum Gasteiger partial charge on any atom is -0.354 e. The Balaban J connectivity index is 1.22. The molecule has 5 heterocycles. The monoisotopic (exact) mass is 454 g/mol. The maximum absolute atomic E-state index is 4.78. The summed E-state index contributed by atoms with van der Waals surface area (Å²) in [7, 11) is 0. The van der Waals surface area contributed by atoms with Crippen LogP contribution in [0.1, 0.15) is 34.0 Å². The highest BCUT2D eigenvalue weighted by Crippen LogP contribution is 2.21. The number of pyridine rings is 2. The number of nitrogens with one attached hydrogen (secondary N) is 1. The molecule has 0 aliphatic carbocycles. The van der Waals surface area contributed by atoms with E-state index in [-0.39, 0.29) is 0 Å². The van der Waals surface area contributed by atoms with Crippen LogP contribution in [-0.2, 0) is 13.0 Å². The molecule has 0 spiro atoms. The largest absolute Gasteiger partial charge is 0.354 e. The first-order valence-corrected chi connectivity index (χ1v) is 11.7. The van der Waals surface area contributed by atoms with Crippen LogP contribution >= 0.6 is 0 Å². The average Bonchev–Trinajstić information content (AvgIpc) is 3.25. The van der Waals surface area contributed by atoms with E-state index in [1.807, 2.05) is 45.3 Å². The quantitative estimate of drug-likeness (QED) is 0.477. The highest BCUT2D eigenvalue weighted by atomic mass is 15.3. The topological polar surface area (TPSA) is 86.7 Å². The summed E-state index contributed by atoms with van der Waals surface area (Å²) in [5, 5.41) is 7.32. The van der Waals surface area contributed by atoms with Crippen molar-refractivity contribution in [3.8, 4) is 11.4 Å². The summed E-state index contributed by atoms with van der Waals surface area (Å²) in [4.78, 5) is 23.4. The van der Waals surface area contributed by atoms with Crippen molar-refractivity contribution in [3.05, 3.63) is 82.8 Å². The van der Waals surface area contributed by atoms with Crippen LogP contribution in [0.2, 0.25) is 0 Å². The smallest absolute Gasteiger partial charge is 0.161 e. The number of piperazine rings is 1. The molecule has 0 unspecified atom stereocenters. The summed E-state index contributed by atoms with van der Waals surface area (Å²) in [6.45, 7) is 10.9. The Morgan fingerprint density at radius 3 is 2.35 bits per heavy atom. The van der Waals surface area contributed by atoms with Crippen molar-refractivity contribution < 1.29 is 0 Å². The lowest BCUT2D eigenvalue weighted by Crippen LogP contribution is -2.46. The Morgan fingerprint density at radius 2 is 1.68 bits per heavy atom. The van der Waals surface area contributed by atoms with Crippen LogP contribution in [0.4, 0.5) is 5.82 Å². The molecule has 4 aromatic heterocycles. The molecule has 0 aromatic carbocycles. The molecule has 5 rings (SSSR count). The van der Waals surface area contributed by atoms with Crippen molar-refractivity contribution in [2.45, 2.75) is 33.7 Å². The van der Waals surface area contributed by atoms with Gasteiger partial charge in [0.05, 0.1) is 11.4 Å². The zero-order chi connectivity index (χ0) is 23.5. The van der Waals surface area contributed by atoms with E-state index in [4.69, 9.17) is 9.97 Å². The van der Waals surface area contributed by atoms with Gasteiger partial charge in [-0.1, -0.05) is 6.07 Å². The molecule has 34 heavy (non-hydrogen) atoms. The molecule has 0 amide bonds. The van der Waals surface area contributed by atoms with Gasteiger partial charge in [0.2, 0.25) is 0 Å².